The minimum Gasteiger partial charge on any atom is -0.497 e. The van der Waals surface area contributed by atoms with E-state index in [1.54, 1.807) is 7.11 Å². The number of halogens is 1. The quantitative estimate of drug-likeness (QED) is 0.867. The number of hydrogen-bond donors (Lipinski definition) is 1. The maximum Gasteiger partial charge on any atom is 0.120 e. The Hall–Kier alpha value is -1.51. The van der Waals surface area contributed by atoms with Crippen LogP contribution in [0.4, 0.5) is 0 Å². The van der Waals surface area contributed by atoms with E-state index in [4.69, 9.17) is 16.3 Å². The Morgan fingerprint density at radius 2 is 1.86 bits per heavy atom. The first kappa shape index (κ1) is 15.9. The van der Waals surface area contributed by atoms with Gasteiger partial charge in [0, 0.05) is 5.02 Å². The van der Waals surface area contributed by atoms with Crippen molar-refractivity contribution >= 4 is 11.6 Å². The molecule has 2 aromatic carbocycles. The van der Waals surface area contributed by atoms with Crippen LogP contribution in [0.1, 0.15) is 35.2 Å². The predicted octanol–water partition coefficient (Wildman–Crippen LogP) is 4.66. The molecule has 2 rings (SSSR count). The van der Waals surface area contributed by atoms with E-state index in [2.05, 4.69) is 44.3 Å². The van der Waals surface area contributed by atoms with Gasteiger partial charge in [0.05, 0.1) is 13.2 Å². The lowest BCUT2D eigenvalue weighted by Gasteiger charge is -2.21. The zero-order valence-corrected chi connectivity index (χ0v) is 13.8. The molecule has 0 radical (unpaired) electrons. The molecule has 0 aromatic heterocycles. The fraction of sp³-hybridized carbons (Fsp3) is 0.333. The number of ether oxygens (including phenoxy) is 1. The lowest BCUT2D eigenvalue weighted by Crippen LogP contribution is -2.22. The first-order valence-electron chi connectivity index (χ1n) is 7.20. The number of nitrogens with one attached hydrogen (secondary N) is 1. The highest BCUT2D eigenvalue weighted by molar-refractivity contribution is 6.31. The Morgan fingerprint density at radius 1 is 1.10 bits per heavy atom. The first-order chi connectivity index (χ1) is 10.1. The third-order valence-electron chi connectivity index (χ3n) is 3.79. The molecule has 0 bridgehead atoms. The molecule has 0 spiro atoms. The number of rotatable bonds is 5. The summed E-state index contributed by atoms with van der Waals surface area (Å²) in [6.07, 6.45) is 0. The van der Waals surface area contributed by atoms with Gasteiger partial charge in [-0.15, -0.1) is 0 Å². The van der Waals surface area contributed by atoms with Gasteiger partial charge in [-0.1, -0.05) is 42.8 Å². The number of aryl methyl sites for hydroxylation is 2. The molecule has 1 unspecified atom stereocenters. The van der Waals surface area contributed by atoms with Crippen LogP contribution >= 0.6 is 11.6 Å². The molecule has 0 saturated carbocycles. The maximum atomic E-state index is 6.44. The Balaban J connectivity index is 2.45. The van der Waals surface area contributed by atoms with Crippen LogP contribution in [0, 0.1) is 13.8 Å². The summed E-state index contributed by atoms with van der Waals surface area (Å²) < 4.78 is 5.23. The molecule has 0 saturated heterocycles. The van der Waals surface area contributed by atoms with E-state index in [0.29, 0.717) is 0 Å². The predicted molar refractivity (Wildman–Crippen MR) is 89.4 cm³/mol. The van der Waals surface area contributed by atoms with E-state index in [1.807, 2.05) is 18.2 Å². The number of hydrogen-bond acceptors (Lipinski definition) is 2. The first-order valence-corrected chi connectivity index (χ1v) is 7.58. The second-order valence-electron chi connectivity index (χ2n) is 5.22. The average Bonchev–Trinajstić information content (AvgIpc) is 2.48. The summed E-state index contributed by atoms with van der Waals surface area (Å²) in [5.41, 5.74) is 4.89. The molecule has 112 valence electrons. The van der Waals surface area contributed by atoms with Gasteiger partial charge in [0.25, 0.3) is 0 Å². The van der Waals surface area contributed by atoms with Gasteiger partial charge in [-0.25, -0.2) is 0 Å². The Labute approximate surface area is 132 Å². The molecule has 0 aliphatic rings. The summed E-state index contributed by atoms with van der Waals surface area (Å²) in [7, 11) is 1.65. The lowest BCUT2D eigenvalue weighted by molar-refractivity contribution is 0.414. The minimum absolute atomic E-state index is 0.0905. The summed E-state index contributed by atoms with van der Waals surface area (Å²) in [5, 5.41) is 4.24. The highest BCUT2D eigenvalue weighted by Crippen LogP contribution is 2.31. The van der Waals surface area contributed by atoms with Crippen LogP contribution in [-0.2, 0) is 0 Å². The molecule has 1 N–H and O–H groups in total. The van der Waals surface area contributed by atoms with Crippen LogP contribution in [0.2, 0.25) is 5.02 Å². The van der Waals surface area contributed by atoms with Gasteiger partial charge in [-0.05, 0) is 54.8 Å². The normalized spacial score (nSPS) is 12.2. The van der Waals surface area contributed by atoms with Crippen molar-refractivity contribution in [2.75, 3.05) is 13.7 Å². The van der Waals surface area contributed by atoms with Gasteiger partial charge in [0.1, 0.15) is 5.75 Å². The van der Waals surface area contributed by atoms with E-state index in [1.165, 1.54) is 16.7 Å². The zero-order valence-electron chi connectivity index (χ0n) is 13.0. The molecule has 0 amide bonds. The van der Waals surface area contributed by atoms with Crippen molar-refractivity contribution in [3.63, 3.8) is 0 Å². The average molecular weight is 304 g/mol. The summed E-state index contributed by atoms with van der Waals surface area (Å²) in [5.74, 6) is 0.777. The SMILES string of the molecule is CCNC(c1ccc(C)c(C)c1)c1ccc(OC)cc1Cl. The Bertz CT molecular complexity index is 625. The number of benzene rings is 2. The number of methoxy groups -OCH3 is 1. The molecule has 2 aromatic rings. The van der Waals surface area contributed by atoms with E-state index in [0.717, 1.165) is 22.9 Å². The Kier molecular flexibility index (Phi) is 5.27. The molecular formula is C18H22ClNO. The van der Waals surface area contributed by atoms with Crippen LogP contribution in [0.5, 0.6) is 5.75 Å². The van der Waals surface area contributed by atoms with Crippen LogP contribution in [-0.4, -0.2) is 13.7 Å². The highest BCUT2D eigenvalue weighted by Gasteiger charge is 2.17. The third-order valence-corrected chi connectivity index (χ3v) is 4.12. The molecule has 3 heteroatoms. The fourth-order valence-corrected chi connectivity index (χ4v) is 2.70. The van der Waals surface area contributed by atoms with Crippen LogP contribution < -0.4 is 10.1 Å². The van der Waals surface area contributed by atoms with Gasteiger partial charge in [0.2, 0.25) is 0 Å². The van der Waals surface area contributed by atoms with Crippen molar-refractivity contribution in [2.45, 2.75) is 26.8 Å². The molecular weight excluding hydrogens is 282 g/mol. The zero-order chi connectivity index (χ0) is 15.4. The largest absolute Gasteiger partial charge is 0.497 e. The minimum atomic E-state index is 0.0905. The van der Waals surface area contributed by atoms with E-state index in [-0.39, 0.29) is 6.04 Å². The summed E-state index contributed by atoms with van der Waals surface area (Å²) in [4.78, 5) is 0. The van der Waals surface area contributed by atoms with Gasteiger partial charge < -0.3 is 10.1 Å². The monoisotopic (exact) mass is 303 g/mol. The van der Waals surface area contributed by atoms with E-state index >= 15 is 0 Å². The summed E-state index contributed by atoms with van der Waals surface area (Å²) >= 11 is 6.44. The highest BCUT2D eigenvalue weighted by atomic mass is 35.5. The van der Waals surface area contributed by atoms with Gasteiger partial charge in [0.15, 0.2) is 0 Å². The maximum absolute atomic E-state index is 6.44. The van der Waals surface area contributed by atoms with Crippen molar-refractivity contribution in [3.8, 4) is 5.75 Å². The third kappa shape index (κ3) is 3.58. The molecule has 2 nitrogen and oxygen atoms in total. The second kappa shape index (κ2) is 6.97. The topological polar surface area (TPSA) is 21.3 Å². The van der Waals surface area contributed by atoms with E-state index < -0.39 is 0 Å². The van der Waals surface area contributed by atoms with Crippen LogP contribution in [0.25, 0.3) is 0 Å². The van der Waals surface area contributed by atoms with Crippen molar-refractivity contribution in [3.05, 3.63) is 63.7 Å². The molecule has 0 aliphatic heterocycles. The molecule has 0 fully saturated rings. The lowest BCUT2D eigenvalue weighted by atomic mass is 9.95. The fourth-order valence-electron chi connectivity index (χ4n) is 2.42. The standard InChI is InChI=1S/C18H22ClNO/c1-5-20-18(14-7-6-12(2)13(3)10-14)16-9-8-15(21-4)11-17(16)19/h6-11,18,20H,5H2,1-4H3. The smallest absolute Gasteiger partial charge is 0.120 e. The second-order valence-corrected chi connectivity index (χ2v) is 5.63. The molecule has 0 aliphatic carbocycles. The van der Waals surface area contributed by atoms with Gasteiger partial charge >= 0.3 is 0 Å². The van der Waals surface area contributed by atoms with Crippen molar-refractivity contribution in [1.82, 2.24) is 5.32 Å². The van der Waals surface area contributed by atoms with Gasteiger partial charge in [-0.2, -0.15) is 0 Å². The summed E-state index contributed by atoms with van der Waals surface area (Å²) in [6.45, 7) is 7.24. The van der Waals surface area contributed by atoms with Gasteiger partial charge in [-0.3, -0.25) is 0 Å². The van der Waals surface area contributed by atoms with Crippen LogP contribution in [0.15, 0.2) is 36.4 Å². The van der Waals surface area contributed by atoms with Crippen molar-refractivity contribution < 1.29 is 4.74 Å². The molecule has 0 heterocycles. The Morgan fingerprint density at radius 3 is 2.43 bits per heavy atom. The van der Waals surface area contributed by atoms with Crippen molar-refractivity contribution in [2.24, 2.45) is 0 Å². The van der Waals surface area contributed by atoms with Crippen LogP contribution in [0.3, 0.4) is 0 Å². The van der Waals surface area contributed by atoms with Crippen molar-refractivity contribution in [1.29, 1.82) is 0 Å². The molecule has 1 atom stereocenters. The molecule has 21 heavy (non-hydrogen) atoms. The van der Waals surface area contributed by atoms with E-state index in [9.17, 15) is 0 Å². The summed E-state index contributed by atoms with van der Waals surface area (Å²) in [6, 6.07) is 12.5.